The highest BCUT2D eigenvalue weighted by Crippen LogP contribution is 2.22. The van der Waals surface area contributed by atoms with Crippen molar-refractivity contribution in [3.8, 4) is 5.75 Å². The Morgan fingerprint density at radius 2 is 1.62 bits per heavy atom. The van der Waals surface area contributed by atoms with Gasteiger partial charge in [0.05, 0.1) is 0 Å². The molecule has 3 N–H and O–H groups in total. The van der Waals surface area contributed by atoms with E-state index in [0.717, 1.165) is 11.1 Å². The van der Waals surface area contributed by atoms with Gasteiger partial charge in [0.15, 0.2) is 0 Å². The first kappa shape index (κ1) is 15.3. The number of ether oxygens (including phenoxy) is 1. The number of benzene rings is 2. The molecule has 2 aromatic rings. The molecule has 1 atom stereocenters. The third kappa shape index (κ3) is 4.47. The highest BCUT2D eigenvalue weighted by molar-refractivity contribution is 5.30. The molecule has 0 saturated carbocycles. The van der Waals surface area contributed by atoms with E-state index in [-0.39, 0.29) is 17.6 Å². The van der Waals surface area contributed by atoms with Crippen LogP contribution in [0.5, 0.6) is 5.75 Å². The number of hydrogen-bond donors (Lipinski definition) is 2. The Kier molecular flexibility index (Phi) is 5.19. The SMILES string of the molecule is NNC(Cc1ccc(F)cc1)c1ccc(OC(F)F)cc1. The number of halogens is 3. The minimum absolute atomic E-state index is 0.0892. The molecule has 0 bridgehead atoms. The summed E-state index contributed by atoms with van der Waals surface area (Å²) in [6.45, 7) is -2.85. The second-order valence-electron chi connectivity index (χ2n) is 4.50. The zero-order valence-corrected chi connectivity index (χ0v) is 11.1. The summed E-state index contributed by atoms with van der Waals surface area (Å²) in [4.78, 5) is 0. The molecule has 0 heterocycles. The lowest BCUT2D eigenvalue weighted by molar-refractivity contribution is -0.0498. The van der Waals surface area contributed by atoms with Crippen LogP contribution in [-0.2, 0) is 6.42 Å². The summed E-state index contributed by atoms with van der Waals surface area (Å²) in [5.74, 6) is 5.31. The van der Waals surface area contributed by atoms with Crippen LogP contribution < -0.4 is 16.0 Å². The van der Waals surface area contributed by atoms with Crippen molar-refractivity contribution in [3.63, 3.8) is 0 Å². The van der Waals surface area contributed by atoms with Crippen LogP contribution in [0.25, 0.3) is 0 Å². The smallest absolute Gasteiger partial charge is 0.387 e. The normalized spacial score (nSPS) is 12.4. The molecule has 0 aliphatic rings. The topological polar surface area (TPSA) is 47.3 Å². The molecular weight excluding hydrogens is 281 g/mol. The Hall–Kier alpha value is -2.05. The van der Waals surface area contributed by atoms with Crippen molar-refractivity contribution in [1.82, 2.24) is 5.43 Å². The quantitative estimate of drug-likeness (QED) is 0.636. The maximum absolute atomic E-state index is 12.9. The zero-order chi connectivity index (χ0) is 15.2. The third-order valence-electron chi connectivity index (χ3n) is 3.06. The van der Waals surface area contributed by atoms with Crippen LogP contribution in [0.1, 0.15) is 17.2 Å². The molecule has 0 amide bonds. The zero-order valence-electron chi connectivity index (χ0n) is 11.1. The van der Waals surface area contributed by atoms with Gasteiger partial charge in [-0.05, 0) is 41.8 Å². The van der Waals surface area contributed by atoms with Crippen LogP contribution in [0.15, 0.2) is 48.5 Å². The number of hydrogen-bond acceptors (Lipinski definition) is 3. The number of nitrogens with two attached hydrogens (primary N) is 1. The molecular formula is C15H15F3N2O. The number of hydrazine groups is 1. The van der Waals surface area contributed by atoms with E-state index in [0.29, 0.717) is 6.42 Å². The molecule has 0 aliphatic heterocycles. The second-order valence-corrected chi connectivity index (χ2v) is 4.50. The summed E-state index contributed by atoms with van der Waals surface area (Å²) in [5.41, 5.74) is 4.39. The lowest BCUT2D eigenvalue weighted by Crippen LogP contribution is -2.29. The van der Waals surface area contributed by atoms with Gasteiger partial charge < -0.3 is 4.74 Å². The Balaban J connectivity index is 2.08. The summed E-state index contributed by atoms with van der Waals surface area (Å²) in [5, 5.41) is 0. The minimum atomic E-state index is -2.85. The monoisotopic (exact) mass is 296 g/mol. The van der Waals surface area contributed by atoms with E-state index in [2.05, 4.69) is 10.2 Å². The van der Waals surface area contributed by atoms with Crippen LogP contribution in [0.2, 0.25) is 0 Å². The van der Waals surface area contributed by atoms with Crippen LogP contribution in [0.4, 0.5) is 13.2 Å². The second kappa shape index (κ2) is 7.10. The van der Waals surface area contributed by atoms with Gasteiger partial charge in [-0.15, -0.1) is 0 Å². The van der Waals surface area contributed by atoms with Gasteiger partial charge in [0.2, 0.25) is 0 Å². The molecule has 0 saturated heterocycles. The molecule has 0 aliphatic carbocycles. The average Bonchev–Trinajstić information content (AvgIpc) is 2.47. The van der Waals surface area contributed by atoms with E-state index in [9.17, 15) is 13.2 Å². The van der Waals surface area contributed by atoms with Crippen molar-refractivity contribution in [3.05, 3.63) is 65.5 Å². The van der Waals surface area contributed by atoms with Crippen LogP contribution in [0, 0.1) is 5.82 Å². The van der Waals surface area contributed by atoms with E-state index in [4.69, 9.17) is 5.84 Å². The van der Waals surface area contributed by atoms with E-state index >= 15 is 0 Å². The highest BCUT2D eigenvalue weighted by atomic mass is 19.3. The maximum atomic E-state index is 12.9. The van der Waals surface area contributed by atoms with Gasteiger partial charge in [0, 0.05) is 6.04 Å². The van der Waals surface area contributed by atoms with Gasteiger partial charge in [0.25, 0.3) is 0 Å². The predicted octanol–water partition coefficient (Wildman–Crippen LogP) is 3.17. The summed E-state index contributed by atoms with van der Waals surface area (Å²) in [6, 6.07) is 12.1. The Morgan fingerprint density at radius 1 is 1.00 bits per heavy atom. The molecule has 0 fully saturated rings. The first-order chi connectivity index (χ1) is 10.1. The van der Waals surface area contributed by atoms with Crippen LogP contribution >= 0.6 is 0 Å². The summed E-state index contributed by atoms with van der Waals surface area (Å²) in [6.07, 6.45) is 0.547. The Morgan fingerprint density at radius 3 is 2.14 bits per heavy atom. The molecule has 21 heavy (non-hydrogen) atoms. The molecule has 2 aromatic carbocycles. The standard InChI is InChI=1S/C15H15F3N2O/c16-12-5-1-10(2-6-12)9-14(20-19)11-3-7-13(8-4-11)21-15(17)18/h1-8,14-15,20H,9,19H2. The van der Waals surface area contributed by atoms with Gasteiger partial charge in [-0.2, -0.15) is 8.78 Å². The molecule has 3 nitrogen and oxygen atoms in total. The largest absolute Gasteiger partial charge is 0.435 e. The van der Waals surface area contributed by atoms with Crippen molar-refractivity contribution in [1.29, 1.82) is 0 Å². The van der Waals surface area contributed by atoms with Crippen molar-refractivity contribution in [2.75, 3.05) is 0 Å². The number of alkyl halides is 2. The fourth-order valence-electron chi connectivity index (χ4n) is 2.01. The van der Waals surface area contributed by atoms with E-state index in [1.807, 2.05) is 0 Å². The van der Waals surface area contributed by atoms with Gasteiger partial charge in [-0.1, -0.05) is 24.3 Å². The van der Waals surface area contributed by atoms with Gasteiger partial charge in [-0.25, -0.2) is 4.39 Å². The van der Waals surface area contributed by atoms with Gasteiger partial charge >= 0.3 is 6.61 Å². The van der Waals surface area contributed by atoms with E-state index in [1.165, 1.54) is 24.3 Å². The van der Waals surface area contributed by atoms with Crippen LogP contribution in [-0.4, -0.2) is 6.61 Å². The minimum Gasteiger partial charge on any atom is -0.435 e. The molecule has 0 spiro atoms. The summed E-state index contributed by atoms with van der Waals surface area (Å²) >= 11 is 0. The first-order valence-electron chi connectivity index (χ1n) is 6.34. The molecule has 1 unspecified atom stereocenters. The van der Waals surface area contributed by atoms with Gasteiger partial charge in [0.1, 0.15) is 11.6 Å². The maximum Gasteiger partial charge on any atom is 0.387 e. The Labute approximate surface area is 120 Å². The molecule has 6 heteroatoms. The lowest BCUT2D eigenvalue weighted by Gasteiger charge is -2.17. The van der Waals surface area contributed by atoms with Crippen molar-refractivity contribution < 1.29 is 17.9 Å². The van der Waals surface area contributed by atoms with Crippen molar-refractivity contribution in [2.45, 2.75) is 19.1 Å². The first-order valence-corrected chi connectivity index (χ1v) is 6.34. The fraction of sp³-hybridized carbons (Fsp3) is 0.200. The third-order valence-corrected chi connectivity index (χ3v) is 3.06. The summed E-state index contributed by atoms with van der Waals surface area (Å²) < 4.78 is 41.3. The lowest BCUT2D eigenvalue weighted by atomic mass is 9.99. The fourth-order valence-corrected chi connectivity index (χ4v) is 2.01. The molecule has 112 valence electrons. The highest BCUT2D eigenvalue weighted by Gasteiger charge is 2.12. The Bertz CT molecular complexity index is 558. The molecule has 0 aromatic heterocycles. The van der Waals surface area contributed by atoms with Crippen LogP contribution in [0.3, 0.4) is 0 Å². The van der Waals surface area contributed by atoms with Gasteiger partial charge in [-0.3, -0.25) is 11.3 Å². The molecule has 2 rings (SSSR count). The van der Waals surface area contributed by atoms with E-state index in [1.54, 1.807) is 24.3 Å². The predicted molar refractivity (Wildman–Crippen MR) is 73.2 cm³/mol. The van der Waals surface area contributed by atoms with Crippen molar-refractivity contribution in [2.24, 2.45) is 5.84 Å². The summed E-state index contributed by atoms with van der Waals surface area (Å²) in [7, 11) is 0. The number of rotatable bonds is 6. The van der Waals surface area contributed by atoms with Crippen molar-refractivity contribution >= 4 is 0 Å². The molecule has 0 radical (unpaired) electrons. The average molecular weight is 296 g/mol. The number of nitrogens with one attached hydrogen (secondary N) is 1. The van der Waals surface area contributed by atoms with E-state index < -0.39 is 6.61 Å².